The number of nitrogens with one attached hydrogen (secondary N) is 1. The molecule has 0 saturated carbocycles. The number of phenolic OH excluding ortho intramolecular Hbond substituents is 1. The second-order valence-electron chi connectivity index (χ2n) is 5.39. The summed E-state index contributed by atoms with van der Waals surface area (Å²) in [6, 6.07) is 10.1. The molecule has 5 nitrogen and oxygen atoms in total. The average Bonchev–Trinajstić information content (AvgIpc) is 2.55. The summed E-state index contributed by atoms with van der Waals surface area (Å²) in [7, 11) is 0. The molecule has 0 saturated heterocycles. The Balaban J connectivity index is 1.85. The number of halogens is 2. The Labute approximate surface area is 150 Å². The van der Waals surface area contributed by atoms with Crippen LogP contribution in [0, 0.1) is 0 Å². The third-order valence-corrected chi connectivity index (χ3v) is 4.52. The van der Waals surface area contributed by atoms with Crippen molar-refractivity contribution in [1.82, 2.24) is 9.97 Å². The van der Waals surface area contributed by atoms with Crippen LogP contribution in [0.4, 0.5) is 0 Å². The van der Waals surface area contributed by atoms with Crippen molar-refractivity contribution < 1.29 is 9.84 Å². The molecule has 2 aromatic carbocycles. The molecule has 0 aliphatic carbocycles. The molecule has 4 rings (SSSR count). The van der Waals surface area contributed by atoms with E-state index in [1.54, 1.807) is 6.07 Å². The van der Waals surface area contributed by atoms with Crippen LogP contribution in [-0.2, 0) is 6.42 Å². The Kier molecular flexibility index (Phi) is 3.58. The summed E-state index contributed by atoms with van der Waals surface area (Å²) in [5, 5.41) is 10.4. The number of fused-ring (bicyclic) bond motifs is 2. The summed E-state index contributed by atoms with van der Waals surface area (Å²) in [4.78, 5) is 19.5. The summed E-state index contributed by atoms with van der Waals surface area (Å²) in [5.41, 5.74) is 1.39. The van der Waals surface area contributed by atoms with E-state index in [4.69, 9.17) is 16.3 Å². The number of aromatic nitrogens is 2. The minimum Gasteiger partial charge on any atom is -0.507 e. The van der Waals surface area contributed by atoms with Gasteiger partial charge in [-0.2, -0.15) is 4.98 Å². The molecule has 1 aliphatic heterocycles. The first-order chi connectivity index (χ1) is 11.5. The first-order valence-corrected chi connectivity index (χ1v) is 8.27. The number of ether oxygens (including phenoxy) is 1. The van der Waals surface area contributed by atoms with E-state index >= 15 is 0 Å². The van der Waals surface area contributed by atoms with E-state index in [1.165, 1.54) is 12.1 Å². The fourth-order valence-corrected chi connectivity index (χ4v) is 3.20. The van der Waals surface area contributed by atoms with E-state index in [9.17, 15) is 9.90 Å². The number of aromatic amines is 1. The molecule has 3 aromatic rings. The predicted molar refractivity (Wildman–Crippen MR) is 94.0 cm³/mol. The van der Waals surface area contributed by atoms with E-state index in [2.05, 4.69) is 25.9 Å². The van der Waals surface area contributed by atoms with Gasteiger partial charge in [0, 0.05) is 21.5 Å². The topological polar surface area (TPSA) is 75.2 Å². The van der Waals surface area contributed by atoms with E-state index in [0.29, 0.717) is 28.3 Å². The lowest BCUT2D eigenvalue weighted by Crippen LogP contribution is -2.20. The highest BCUT2D eigenvalue weighted by Gasteiger charge is 2.23. The van der Waals surface area contributed by atoms with Crippen LogP contribution in [0.25, 0.3) is 11.4 Å². The molecule has 24 heavy (non-hydrogen) atoms. The molecule has 0 radical (unpaired) electrons. The van der Waals surface area contributed by atoms with Crippen molar-refractivity contribution in [2.75, 3.05) is 0 Å². The van der Waals surface area contributed by atoms with Crippen molar-refractivity contribution in [3.63, 3.8) is 0 Å². The summed E-state index contributed by atoms with van der Waals surface area (Å²) in [6.45, 7) is 0. The lowest BCUT2D eigenvalue weighted by Gasteiger charge is -2.19. The fourth-order valence-electron chi connectivity index (χ4n) is 2.62. The lowest BCUT2D eigenvalue weighted by molar-refractivity contribution is 0.437. The molecule has 0 amide bonds. The van der Waals surface area contributed by atoms with Gasteiger partial charge in [-0.15, -0.1) is 0 Å². The van der Waals surface area contributed by atoms with Gasteiger partial charge in [-0.25, -0.2) is 0 Å². The van der Waals surface area contributed by atoms with E-state index in [0.717, 1.165) is 10.0 Å². The Morgan fingerprint density at radius 2 is 2.08 bits per heavy atom. The summed E-state index contributed by atoms with van der Waals surface area (Å²) < 4.78 is 6.69. The third kappa shape index (κ3) is 2.57. The second kappa shape index (κ2) is 5.65. The maximum atomic E-state index is 12.4. The second-order valence-corrected chi connectivity index (χ2v) is 6.74. The van der Waals surface area contributed by atoms with Gasteiger partial charge in [0.1, 0.15) is 17.3 Å². The van der Waals surface area contributed by atoms with Gasteiger partial charge in [-0.1, -0.05) is 27.5 Å². The van der Waals surface area contributed by atoms with Crippen molar-refractivity contribution in [3.8, 4) is 28.8 Å². The van der Waals surface area contributed by atoms with Crippen LogP contribution in [0.5, 0.6) is 17.4 Å². The molecule has 2 N–H and O–H groups in total. The van der Waals surface area contributed by atoms with Crippen LogP contribution < -0.4 is 10.3 Å². The van der Waals surface area contributed by atoms with Crippen LogP contribution in [0.2, 0.25) is 5.02 Å². The molecular formula is C17H10BrClN2O3. The van der Waals surface area contributed by atoms with Crippen molar-refractivity contribution in [2.45, 2.75) is 6.42 Å². The van der Waals surface area contributed by atoms with Crippen LogP contribution in [0.15, 0.2) is 45.7 Å². The maximum absolute atomic E-state index is 12.4. The minimum absolute atomic E-state index is 0.0253. The lowest BCUT2D eigenvalue weighted by atomic mass is 10.0. The van der Waals surface area contributed by atoms with Gasteiger partial charge >= 0.3 is 0 Å². The molecule has 7 heteroatoms. The van der Waals surface area contributed by atoms with Gasteiger partial charge in [0.25, 0.3) is 5.56 Å². The number of nitrogens with zero attached hydrogens (tertiary/aromatic N) is 1. The predicted octanol–water partition coefficient (Wildman–Crippen LogP) is 4.25. The molecular weight excluding hydrogens is 396 g/mol. The van der Waals surface area contributed by atoms with Crippen molar-refractivity contribution in [3.05, 3.63) is 67.4 Å². The minimum atomic E-state index is -0.306. The number of H-pyrrole nitrogens is 1. The number of hydrogen-bond donors (Lipinski definition) is 2. The number of benzene rings is 2. The zero-order valence-electron chi connectivity index (χ0n) is 12.1. The van der Waals surface area contributed by atoms with Crippen LogP contribution in [0.3, 0.4) is 0 Å². The number of rotatable bonds is 1. The van der Waals surface area contributed by atoms with Gasteiger partial charge in [-0.05, 0) is 36.4 Å². The molecule has 1 aliphatic rings. The highest BCUT2D eigenvalue weighted by atomic mass is 79.9. The largest absolute Gasteiger partial charge is 0.507 e. The molecule has 0 spiro atoms. The zero-order valence-corrected chi connectivity index (χ0v) is 14.5. The first kappa shape index (κ1) is 15.2. The maximum Gasteiger partial charge on any atom is 0.258 e. The summed E-state index contributed by atoms with van der Waals surface area (Å²) in [5.74, 6) is 1.08. The summed E-state index contributed by atoms with van der Waals surface area (Å²) >= 11 is 9.37. The highest BCUT2D eigenvalue weighted by molar-refractivity contribution is 9.10. The average molecular weight is 406 g/mol. The third-order valence-electron chi connectivity index (χ3n) is 3.79. The molecule has 0 fully saturated rings. The van der Waals surface area contributed by atoms with Gasteiger partial charge in [-0.3, -0.25) is 4.79 Å². The normalized spacial score (nSPS) is 12.2. The van der Waals surface area contributed by atoms with E-state index < -0.39 is 0 Å². The van der Waals surface area contributed by atoms with Crippen LogP contribution in [0.1, 0.15) is 11.1 Å². The molecule has 0 atom stereocenters. The van der Waals surface area contributed by atoms with Crippen LogP contribution in [-0.4, -0.2) is 15.1 Å². The molecule has 1 aromatic heterocycles. The van der Waals surface area contributed by atoms with Crippen molar-refractivity contribution in [2.24, 2.45) is 0 Å². The van der Waals surface area contributed by atoms with Gasteiger partial charge in [0.05, 0.1) is 11.1 Å². The molecule has 0 unspecified atom stereocenters. The standard InChI is InChI=1S/C17H10BrClN2O3/c18-9-1-4-14-8(5-9)6-12-16(23)20-15(21-17(12)24-14)11-7-10(19)2-3-13(11)22/h1-5,7,22H,6H2,(H,20,21,23). The Hall–Kier alpha value is -2.31. The molecule has 0 bridgehead atoms. The number of phenols is 1. The zero-order chi connectivity index (χ0) is 16.8. The van der Waals surface area contributed by atoms with E-state index in [1.807, 2.05) is 18.2 Å². The Morgan fingerprint density at radius 1 is 1.25 bits per heavy atom. The highest BCUT2D eigenvalue weighted by Crippen LogP contribution is 2.37. The van der Waals surface area contributed by atoms with E-state index in [-0.39, 0.29) is 23.0 Å². The smallest absolute Gasteiger partial charge is 0.258 e. The molecule has 2 heterocycles. The van der Waals surface area contributed by atoms with Gasteiger partial charge in [0.15, 0.2) is 0 Å². The van der Waals surface area contributed by atoms with Crippen LogP contribution >= 0.6 is 27.5 Å². The SMILES string of the molecule is O=c1[nH]c(-c2cc(Cl)ccc2O)nc2c1Cc1cc(Br)ccc1O2. The number of aromatic hydroxyl groups is 1. The Bertz CT molecular complexity index is 1030. The van der Waals surface area contributed by atoms with Gasteiger partial charge in [0.2, 0.25) is 5.88 Å². The van der Waals surface area contributed by atoms with Crippen molar-refractivity contribution in [1.29, 1.82) is 0 Å². The fraction of sp³-hybridized carbons (Fsp3) is 0.0588. The number of hydrogen-bond acceptors (Lipinski definition) is 4. The monoisotopic (exact) mass is 404 g/mol. The summed E-state index contributed by atoms with van der Waals surface area (Å²) in [6.07, 6.45) is 0.425. The van der Waals surface area contributed by atoms with Crippen molar-refractivity contribution >= 4 is 27.5 Å². The quantitative estimate of drug-likeness (QED) is 0.496. The molecule has 120 valence electrons. The first-order valence-electron chi connectivity index (χ1n) is 7.09. The Morgan fingerprint density at radius 3 is 2.92 bits per heavy atom. The van der Waals surface area contributed by atoms with Gasteiger partial charge < -0.3 is 14.8 Å².